The van der Waals surface area contributed by atoms with E-state index in [1.165, 1.54) is 33.4 Å². The smallest absolute Gasteiger partial charge is 0.126 e. The van der Waals surface area contributed by atoms with Gasteiger partial charge in [-0.3, -0.25) is 0 Å². The second-order valence-electron chi connectivity index (χ2n) is 18.4. The summed E-state index contributed by atoms with van der Waals surface area (Å²) in [6, 6.07) is 9.87. The molecule has 4 rings (SSSR count). The predicted molar refractivity (Wildman–Crippen MR) is 198 cm³/mol. The van der Waals surface area contributed by atoms with E-state index in [4.69, 9.17) is 18.9 Å². The molecule has 0 radical (unpaired) electrons. The Bertz CT molecular complexity index is 1250. The monoisotopic (exact) mass is 649 g/mol. The van der Waals surface area contributed by atoms with E-state index >= 15 is 0 Å². The van der Waals surface area contributed by atoms with E-state index in [-0.39, 0.29) is 38.3 Å². The molecule has 47 heavy (non-hydrogen) atoms. The van der Waals surface area contributed by atoms with E-state index < -0.39 is 0 Å². The van der Waals surface area contributed by atoms with E-state index in [9.17, 15) is 0 Å². The molecule has 2 aromatic rings. The summed E-state index contributed by atoms with van der Waals surface area (Å²) in [4.78, 5) is 0. The first-order chi connectivity index (χ1) is 21.5. The molecule has 2 saturated heterocycles. The Morgan fingerprint density at radius 3 is 0.936 bits per heavy atom. The molecule has 2 aliphatic rings. The topological polar surface area (TPSA) is 43.5 Å². The van der Waals surface area contributed by atoms with Gasteiger partial charge in [-0.15, -0.1) is 0 Å². The van der Waals surface area contributed by atoms with E-state index in [1.807, 2.05) is 0 Å². The molecule has 0 aliphatic carbocycles. The molecular formula is C43H68O4. The van der Waals surface area contributed by atoms with Crippen molar-refractivity contribution < 1.29 is 18.9 Å². The predicted octanol–water partition coefficient (Wildman–Crippen LogP) is 11.1. The maximum Gasteiger partial charge on any atom is 0.126 e. The number of hydrogen-bond acceptors (Lipinski definition) is 4. The quantitative estimate of drug-likeness (QED) is 0.170. The van der Waals surface area contributed by atoms with Crippen molar-refractivity contribution in [3.63, 3.8) is 0 Å². The van der Waals surface area contributed by atoms with Crippen molar-refractivity contribution in [1.29, 1.82) is 0 Å². The Labute approximate surface area is 288 Å². The van der Waals surface area contributed by atoms with Crippen molar-refractivity contribution in [3.8, 4) is 11.5 Å². The van der Waals surface area contributed by atoms with Gasteiger partial charge in [-0.1, -0.05) is 121 Å². The fourth-order valence-corrected chi connectivity index (χ4v) is 6.09. The number of benzene rings is 2. The molecule has 4 heteroatoms. The Balaban J connectivity index is 2.00. The van der Waals surface area contributed by atoms with Crippen LogP contribution in [0.4, 0.5) is 0 Å². The summed E-state index contributed by atoms with van der Waals surface area (Å²) in [5.74, 6) is 2.11. The van der Waals surface area contributed by atoms with Crippen LogP contribution in [0.15, 0.2) is 24.3 Å². The van der Waals surface area contributed by atoms with Crippen LogP contribution in [-0.2, 0) is 36.5 Å². The zero-order valence-electron chi connectivity index (χ0n) is 33.1. The van der Waals surface area contributed by atoms with Gasteiger partial charge in [0.15, 0.2) is 0 Å². The van der Waals surface area contributed by atoms with Crippen molar-refractivity contribution in [2.75, 3.05) is 26.4 Å². The van der Waals surface area contributed by atoms with Crippen LogP contribution >= 0.6 is 0 Å². The number of hydrogen-bond donors (Lipinski definition) is 0. The molecule has 0 spiro atoms. The lowest BCUT2D eigenvalue weighted by molar-refractivity contribution is 0.195. The van der Waals surface area contributed by atoms with Crippen LogP contribution in [0.3, 0.4) is 0 Å². The lowest BCUT2D eigenvalue weighted by Crippen LogP contribution is -2.30. The SMILES string of the molecule is CCC(C)(C)c1cc(C(C)(C)c2cc(C(C)(C)CC)c(OCC3(C)CO3)c(C(C)(C)CC)c2)cc(C(C)(C)CC)c1OCC1(C)CO1. The minimum absolute atomic E-state index is 0.0608. The summed E-state index contributed by atoms with van der Waals surface area (Å²) in [5, 5.41) is 0. The van der Waals surface area contributed by atoms with Crippen LogP contribution in [0.25, 0.3) is 0 Å². The molecule has 2 atom stereocenters. The van der Waals surface area contributed by atoms with Gasteiger partial charge in [-0.2, -0.15) is 0 Å². The maximum absolute atomic E-state index is 6.83. The Hall–Kier alpha value is -2.04. The van der Waals surface area contributed by atoms with Crippen LogP contribution in [-0.4, -0.2) is 37.6 Å². The van der Waals surface area contributed by atoms with Gasteiger partial charge in [-0.25, -0.2) is 0 Å². The van der Waals surface area contributed by atoms with E-state index in [2.05, 4.69) is 135 Å². The second kappa shape index (κ2) is 12.7. The summed E-state index contributed by atoms with van der Waals surface area (Å²) >= 11 is 0. The van der Waals surface area contributed by atoms with Crippen LogP contribution < -0.4 is 9.47 Å². The number of ether oxygens (including phenoxy) is 4. The summed E-state index contributed by atoms with van der Waals surface area (Å²) < 4.78 is 25.2. The van der Waals surface area contributed by atoms with Crippen molar-refractivity contribution in [3.05, 3.63) is 57.6 Å². The molecule has 2 unspecified atom stereocenters. The molecule has 0 bridgehead atoms. The average molecular weight is 649 g/mol. The third kappa shape index (κ3) is 7.75. The van der Waals surface area contributed by atoms with E-state index in [0.29, 0.717) is 13.2 Å². The Morgan fingerprint density at radius 1 is 0.511 bits per heavy atom. The molecule has 2 fully saturated rings. The molecule has 0 amide bonds. The zero-order chi connectivity index (χ0) is 35.4. The molecule has 2 aliphatic heterocycles. The largest absolute Gasteiger partial charge is 0.490 e. The summed E-state index contributed by atoms with van der Waals surface area (Å²) in [6.45, 7) is 39.9. The van der Waals surface area contributed by atoms with Gasteiger partial charge in [0.25, 0.3) is 0 Å². The first-order valence-electron chi connectivity index (χ1n) is 18.4. The van der Waals surface area contributed by atoms with Crippen LogP contribution in [0.2, 0.25) is 0 Å². The van der Waals surface area contributed by atoms with Gasteiger partial charge in [0, 0.05) is 27.7 Å². The first kappa shape index (κ1) is 37.8. The highest BCUT2D eigenvalue weighted by atomic mass is 16.6. The average Bonchev–Trinajstić information content (AvgIpc) is 3.95. The second-order valence-corrected chi connectivity index (χ2v) is 18.4. The molecular weight excluding hydrogens is 580 g/mol. The van der Waals surface area contributed by atoms with Gasteiger partial charge in [-0.05, 0) is 72.3 Å². The van der Waals surface area contributed by atoms with Crippen LogP contribution in [0.1, 0.15) is 170 Å². The fraction of sp³-hybridized carbons (Fsp3) is 0.721. The highest BCUT2D eigenvalue weighted by molar-refractivity contribution is 5.58. The van der Waals surface area contributed by atoms with Gasteiger partial charge >= 0.3 is 0 Å². The minimum Gasteiger partial charge on any atom is -0.490 e. The molecule has 0 saturated carbocycles. The molecule has 4 nitrogen and oxygen atoms in total. The lowest BCUT2D eigenvalue weighted by atomic mass is 9.68. The first-order valence-corrected chi connectivity index (χ1v) is 18.4. The Kier molecular flexibility index (Phi) is 10.2. The molecule has 264 valence electrons. The van der Waals surface area contributed by atoms with Gasteiger partial charge in [0.05, 0.1) is 13.2 Å². The van der Waals surface area contributed by atoms with E-state index in [1.54, 1.807) is 0 Å². The molecule has 2 aromatic carbocycles. The van der Waals surface area contributed by atoms with Gasteiger partial charge in [0.1, 0.15) is 35.9 Å². The van der Waals surface area contributed by atoms with Gasteiger partial charge < -0.3 is 18.9 Å². The standard InChI is InChI=1S/C43H68O4/c1-17-37(5,6)31-21-29(22-32(38(7,8)18-2)35(31)44-25-42(15)27-46-42)41(13,14)30-23-33(39(9,10)19-3)36(45-26-43(16)28-47-43)34(24-30)40(11,12)20-4/h21-24H,17-20,25-28H2,1-16H3. The third-order valence-electron chi connectivity index (χ3n) is 12.4. The highest BCUT2D eigenvalue weighted by Gasteiger charge is 2.43. The normalized spacial score (nSPS) is 22.0. The summed E-state index contributed by atoms with van der Waals surface area (Å²) in [6.07, 6.45) is 4.08. The maximum atomic E-state index is 6.83. The van der Waals surface area contributed by atoms with Crippen molar-refractivity contribution in [2.24, 2.45) is 0 Å². The van der Waals surface area contributed by atoms with Gasteiger partial charge in [0.2, 0.25) is 0 Å². The van der Waals surface area contributed by atoms with Crippen molar-refractivity contribution in [1.82, 2.24) is 0 Å². The summed E-state index contributed by atoms with van der Waals surface area (Å²) in [7, 11) is 0. The highest BCUT2D eigenvalue weighted by Crippen LogP contribution is 2.50. The van der Waals surface area contributed by atoms with Crippen LogP contribution in [0.5, 0.6) is 11.5 Å². The number of rotatable bonds is 16. The lowest BCUT2D eigenvalue weighted by Gasteiger charge is -2.38. The van der Waals surface area contributed by atoms with Crippen LogP contribution in [0, 0.1) is 0 Å². The van der Waals surface area contributed by atoms with Crippen molar-refractivity contribution >= 4 is 0 Å². The molecule has 0 aromatic heterocycles. The summed E-state index contributed by atoms with van der Waals surface area (Å²) in [5.41, 5.74) is 6.97. The van der Waals surface area contributed by atoms with E-state index in [0.717, 1.165) is 50.4 Å². The third-order valence-corrected chi connectivity index (χ3v) is 12.4. The number of epoxide rings is 2. The van der Waals surface area contributed by atoms with Crippen molar-refractivity contribution in [2.45, 2.75) is 175 Å². The molecule has 0 N–H and O–H groups in total. The Morgan fingerprint density at radius 2 is 0.745 bits per heavy atom. The minimum atomic E-state index is -0.275. The molecule has 2 heterocycles. The zero-order valence-corrected chi connectivity index (χ0v) is 33.1. The fourth-order valence-electron chi connectivity index (χ4n) is 6.09.